The molecular weight excluding hydrogens is 201 g/mol. The van der Waals surface area contributed by atoms with E-state index in [-0.39, 0.29) is 0 Å². The van der Waals surface area contributed by atoms with Crippen LogP contribution in [0, 0.1) is 0 Å². The monoisotopic (exact) mass is 207 g/mol. The molecule has 0 saturated carbocycles. The third-order valence-corrected chi connectivity index (χ3v) is 1.64. The third-order valence-electron chi connectivity index (χ3n) is 1.64. The molecule has 0 fully saturated rings. The molecule has 1 rings (SSSR count). The predicted octanol–water partition coefficient (Wildman–Crippen LogP) is 0.213. The molecule has 1 aromatic rings. The summed E-state index contributed by atoms with van der Waals surface area (Å²) in [7, 11) is 0. The van der Waals surface area contributed by atoms with Gasteiger partial charge in [0.25, 0.3) is 0 Å². The average Bonchev–Trinajstić information content (AvgIpc) is 2.49. The number of carboxylic acids is 1. The minimum absolute atomic E-state index is 0.693. The van der Waals surface area contributed by atoms with Gasteiger partial charge in [0.1, 0.15) is 0 Å². The second-order valence-corrected chi connectivity index (χ2v) is 2.67. The molecule has 0 radical (unpaired) electrons. The van der Waals surface area contributed by atoms with Crippen molar-refractivity contribution < 1.29 is 23.1 Å². The highest BCUT2D eigenvalue weighted by atomic mass is 19.4. The maximum atomic E-state index is 12.0. The van der Waals surface area contributed by atoms with Crippen molar-refractivity contribution in [1.29, 1.82) is 0 Å². The zero-order valence-corrected chi connectivity index (χ0v) is 7.08. The van der Waals surface area contributed by atoms with Gasteiger partial charge in [-0.25, -0.2) is 0 Å². The normalized spacial score (nSPS) is 14.0. The van der Waals surface area contributed by atoms with Crippen LogP contribution in [0.3, 0.4) is 0 Å². The highest BCUT2D eigenvalue weighted by molar-refractivity contribution is 5.68. The second kappa shape index (κ2) is 3.32. The highest BCUT2D eigenvalue weighted by Gasteiger charge is 2.33. The number of hydrogen-bond donors (Lipinski definition) is 0. The summed E-state index contributed by atoms with van der Waals surface area (Å²) in [5, 5.41) is 13.4. The highest BCUT2D eigenvalue weighted by Crippen LogP contribution is 2.27. The van der Waals surface area contributed by atoms with E-state index in [0.717, 1.165) is 6.20 Å². The molecule has 0 unspecified atom stereocenters. The third kappa shape index (κ3) is 2.04. The predicted molar refractivity (Wildman–Crippen MR) is 36.9 cm³/mol. The van der Waals surface area contributed by atoms with Crippen molar-refractivity contribution >= 4 is 5.97 Å². The molecule has 0 aliphatic rings. The van der Waals surface area contributed by atoms with Crippen molar-refractivity contribution in [3.05, 3.63) is 18.0 Å². The van der Waals surface area contributed by atoms with Gasteiger partial charge in [0, 0.05) is 6.20 Å². The zero-order chi connectivity index (χ0) is 10.9. The Morgan fingerprint density at radius 2 is 2.21 bits per heavy atom. The number of halogens is 3. The second-order valence-electron chi connectivity index (χ2n) is 2.67. The first-order valence-corrected chi connectivity index (χ1v) is 3.65. The van der Waals surface area contributed by atoms with Gasteiger partial charge in [0.05, 0.1) is 12.0 Å². The Morgan fingerprint density at radius 3 is 2.57 bits per heavy atom. The van der Waals surface area contributed by atoms with Gasteiger partial charge in [-0.3, -0.25) is 4.68 Å². The van der Waals surface area contributed by atoms with Gasteiger partial charge in [-0.15, -0.1) is 0 Å². The van der Waals surface area contributed by atoms with E-state index >= 15 is 0 Å². The fourth-order valence-corrected chi connectivity index (χ4v) is 0.813. The topological polar surface area (TPSA) is 57.9 Å². The van der Waals surface area contributed by atoms with Crippen LogP contribution in [0.1, 0.15) is 18.7 Å². The molecular formula is C7H6F3N2O2-. The van der Waals surface area contributed by atoms with Gasteiger partial charge >= 0.3 is 6.18 Å². The van der Waals surface area contributed by atoms with Crippen molar-refractivity contribution in [2.24, 2.45) is 0 Å². The molecule has 0 saturated heterocycles. The smallest absolute Gasteiger partial charge is 0.435 e. The Bertz CT molecular complexity index is 345. The summed E-state index contributed by atoms with van der Waals surface area (Å²) >= 11 is 0. The zero-order valence-electron chi connectivity index (χ0n) is 7.08. The lowest BCUT2D eigenvalue weighted by Crippen LogP contribution is -2.31. The van der Waals surface area contributed by atoms with Gasteiger partial charge in [0.2, 0.25) is 0 Å². The maximum Gasteiger partial charge on any atom is 0.435 e. The molecule has 78 valence electrons. The fourth-order valence-electron chi connectivity index (χ4n) is 0.813. The molecule has 0 aliphatic carbocycles. The summed E-state index contributed by atoms with van der Waals surface area (Å²) in [5.41, 5.74) is -1.12. The number of aliphatic carboxylic acids is 1. The van der Waals surface area contributed by atoms with Crippen LogP contribution in [0.4, 0.5) is 13.2 Å². The molecule has 1 atom stereocenters. The lowest BCUT2D eigenvalue weighted by molar-refractivity contribution is -0.310. The van der Waals surface area contributed by atoms with Crippen LogP contribution in [0.5, 0.6) is 0 Å². The number of alkyl halides is 3. The standard InChI is InChI=1S/C7H7F3N2O2/c1-4(6(13)14)12-3-2-5(11-12)7(8,9)10/h2-4H,1H3,(H,13,14)/p-1/t4-/m0/s1. The van der Waals surface area contributed by atoms with Crippen LogP contribution in [-0.2, 0) is 11.0 Å². The number of rotatable bonds is 2. The summed E-state index contributed by atoms with van der Waals surface area (Å²) in [6.45, 7) is 1.18. The molecule has 14 heavy (non-hydrogen) atoms. The van der Waals surface area contributed by atoms with Crippen molar-refractivity contribution in [3.8, 4) is 0 Å². The van der Waals surface area contributed by atoms with Crippen molar-refractivity contribution in [2.75, 3.05) is 0 Å². The van der Waals surface area contributed by atoms with Crippen molar-refractivity contribution in [3.63, 3.8) is 0 Å². The van der Waals surface area contributed by atoms with Gasteiger partial charge in [0.15, 0.2) is 5.69 Å². The van der Waals surface area contributed by atoms with E-state index in [9.17, 15) is 23.1 Å². The van der Waals surface area contributed by atoms with E-state index < -0.39 is 23.9 Å². The molecule has 7 heteroatoms. The number of aromatic nitrogens is 2. The molecule has 0 N–H and O–H groups in total. The Labute approximate surface area is 77.0 Å². The van der Waals surface area contributed by atoms with Crippen molar-refractivity contribution in [1.82, 2.24) is 9.78 Å². The van der Waals surface area contributed by atoms with E-state index in [1.54, 1.807) is 0 Å². The van der Waals surface area contributed by atoms with Crippen LogP contribution in [-0.4, -0.2) is 15.7 Å². The molecule has 0 bridgehead atoms. The SMILES string of the molecule is C[C@@H](C(=O)[O-])n1ccc(C(F)(F)F)n1. The Morgan fingerprint density at radius 1 is 1.64 bits per heavy atom. The number of nitrogens with zero attached hydrogens (tertiary/aromatic N) is 2. The Balaban J connectivity index is 2.94. The lowest BCUT2D eigenvalue weighted by atomic mass is 10.4. The molecule has 1 aromatic heterocycles. The minimum Gasteiger partial charge on any atom is -0.548 e. The first kappa shape index (κ1) is 10.6. The van der Waals surface area contributed by atoms with Gasteiger partial charge in [-0.1, -0.05) is 0 Å². The Kier molecular flexibility index (Phi) is 2.50. The lowest BCUT2D eigenvalue weighted by Gasteiger charge is -2.12. The van der Waals surface area contributed by atoms with E-state index in [1.165, 1.54) is 6.92 Å². The van der Waals surface area contributed by atoms with Gasteiger partial charge < -0.3 is 9.90 Å². The van der Waals surface area contributed by atoms with Gasteiger partial charge in [-0.2, -0.15) is 18.3 Å². The first-order valence-electron chi connectivity index (χ1n) is 3.65. The summed E-state index contributed by atoms with van der Waals surface area (Å²) in [4.78, 5) is 10.3. The minimum atomic E-state index is -4.56. The van der Waals surface area contributed by atoms with Crippen LogP contribution in [0.2, 0.25) is 0 Å². The van der Waals surface area contributed by atoms with Crippen molar-refractivity contribution in [2.45, 2.75) is 19.1 Å². The van der Waals surface area contributed by atoms with Crippen LogP contribution in [0.15, 0.2) is 12.3 Å². The number of hydrogen-bond acceptors (Lipinski definition) is 3. The molecule has 0 aliphatic heterocycles. The van der Waals surface area contributed by atoms with E-state index in [0.29, 0.717) is 10.7 Å². The first-order chi connectivity index (χ1) is 6.32. The van der Waals surface area contributed by atoms with E-state index in [2.05, 4.69) is 5.10 Å². The summed E-state index contributed by atoms with van der Waals surface area (Å²) < 4.78 is 36.8. The largest absolute Gasteiger partial charge is 0.548 e. The Hall–Kier alpha value is -1.53. The van der Waals surface area contributed by atoms with Crippen LogP contribution < -0.4 is 5.11 Å². The van der Waals surface area contributed by atoms with E-state index in [1.807, 2.05) is 0 Å². The summed E-state index contributed by atoms with van der Waals surface area (Å²) in [6.07, 6.45) is -3.61. The molecule has 1 heterocycles. The molecule has 0 aromatic carbocycles. The number of carbonyl (C=O) groups is 1. The summed E-state index contributed by atoms with van der Waals surface area (Å²) in [5.74, 6) is -1.48. The average molecular weight is 207 g/mol. The fraction of sp³-hybridized carbons (Fsp3) is 0.429. The maximum absolute atomic E-state index is 12.0. The quantitative estimate of drug-likeness (QED) is 0.696. The molecule has 0 amide bonds. The van der Waals surface area contributed by atoms with Crippen LogP contribution >= 0.6 is 0 Å². The molecule has 0 spiro atoms. The number of carboxylic acid groups (broad SMARTS) is 1. The van der Waals surface area contributed by atoms with Crippen LogP contribution in [0.25, 0.3) is 0 Å². The molecule has 4 nitrogen and oxygen atoms in total. The number of carbonyl (C=O) groups excluding carboxylic acids is 1. The van der Waals surface area contributed by atoms with E-state index in [4.69, 9.17) is 0 Å². The van der Waals surface area contributed by atoms with Gasteiger partial charge in [-0.05, 0) is 13.0 Å². The summed E-state index contributed by atoms with van der Waals surface area (Å²) in [6, 6.07) is -0.509.